The Morgan fingerprint density at radius 2 is 1.73 bits per heavy atom. The number of fused-ring (bicyclic) bond motifs is 1. The van der Waals surface area contributed by atoms with Gasteiger partial charge in [-0.1, -0.05) is 42.3 Å². The molecule has 4 rings (SSSR count). The van der Waals surface area contributed by atoms with E-state index in [2.05, 4.69) is 22.3 Å². The quantitative estimate of drug-likeness (QED) is 0.498. The second-order valence-electron chi connectivity index (χ2n) is 8.08. The highest BCUT2D eigenvalue weighted by molar-refractivity contribution is 8.00. The maximum Gasteiger partial charge on any atom is 0.259 e. The molecule has 2 aliphatic rings. The lowest BCUT2D eigenvalue weighted by Crippen LogP contribution is -2.35. The first-order chi connectivity index (χ1) is 14.6. The van der Waals surface area contributed by atoms with Gasteiger partial charge in [-0.2, -0.15) is 0 Å². The van der Waals surface area contributed by atoms with Crippen LogP contribution >= 0.6 is 23.4 Å². The molecule has 1 fully saturated rings. The van der Waals surface area contributed by atoms with Gasteiger partial charge in [0, 0.05) is 9.92 Å². The fourth-order valence-corrected chi connectivity index (χ4v) is 5.63. The number of carbonyl (C=O) groups excluding carboxylic acids is 2. The number of imide groups is 1. The number of nitrogens with zero attached hydrogens (tertiary/aromatic N) is 1. The summed E-state index contributed by atoms with van der Waals surface area (Å²) in [7, 11) is 0. The second-order valence-corrected chi connectivity index (χ2v) is 9.77. The Kier molecular flexibility index (Phi) is 7.13. The van der Waals surface area contributed by atoms with Crippen molar-refractivity contribution in [1.82, 2.24) is 10.2 Å². The fourth-order valence-electron chi connectivity index (χ4n) is 4.30. The molecule has 2 heterocycles. The summed E-state index contributed by atoms with van der Waals surface area (Å²) in [5, 5.41) is 3.14. The Morgan fingerprint density at radius 3 is 2.50 bits per heavy atom. The summed E-state index contributed by atoms with van der Waals surface area (Å²) in [6.45, 7) is 3.31. The van der Waals surface area contributed by atoms with E-state index < -0.39 is 0 Å². The first-order valence-electron chi connectivity index (χ1n) is 10.7. The van der Waals surface area contributed by atoms with Gasteiger partial charge >= 0.3 is 0 Å². The van der Waals surface area contributed by atoms with Crippen molar-refractivity contribution < 1.29 is 9.59 Å². The SMILES string of the molecule is O=C1NC(=O)C(CCCCN2CCC(c3ccc(Cl)cc3)CC2)Sc2ccccc21. The van der Waals surface area contributed by atoms with Gasteiger partial charge in [0.2, 0.25) is 5.91 Å². The Bertz CT molecular complexity index is 894. The van der Waals surface area contributed by atoms with Crippen LogP contribution in [-0.2, 0) is 4.79 Å². The van der Waals surface area contributed by atoms with E-state index in [0.717, 1.165) is 48.8 Å². The maximum atomic E-state index is 12.4. The van der Waals surface area contributed by atoms with E-state index in [1.165, 1.54) is 30.2 Å². The van der Waals surface area contributed by atoms with Gasteiger partial charge in [0.15, 0.2) is 0 Å². The van der Waals surface area contributed by atoms with Crippen LogP contribution < -0.4 is 5.32 Å². The Morgan fingerprint density at radius 1 is 1.00 bits per heavy atom. The first-order valence-corrected chi connectivity index (χ1v) is 11.9. The molecule has 0 radical (unpaired) electrons. The molecule has 0 saturated carbocycles. The maximum absolute atomic E-state index is 12.4. The molecule has 0 spiro atoms. The summed E-state index contributed by atoms with van der Waals surface area (Å²) in [6, 6.07) is 15.7. The molecule has 1 saturated heterocycles. The van der Waals surface area contributed by atoms with Crippen LogP contribution in [0.25, 0.3) is 0 Å². The van der Waals surface area contributed by atoms with E-state index in [1.807, 2.05) is 30.3 Å². The first kappa shape index (κ1) is 21.4. The predicted octanol–water partition coefficient (Wildman–Crippen LogP) is 5.12. The van der Waals surface area contributed by atoms with Crippen LogP contribution in [0.15, 0.2) is 53.4 Å². The minimum atomic E-state index is -0.283. The van der Waals surface area contributed by atoms with Crippen molar-refractivity contribution in [2.24, 2.45) is 0 Å². The fraction of sp³-hybridized carbons (Fsp3) is 0.417. The molecule has 1 N–H and O–H groups in total. The van der Waals surface area contributed by atoms with Gasteiger partial charge in [-0.3, -0.25) is 14.9 Å². The number of amides is 2. The van der Waals surface area contributed by atoms with E-state index in [-0.39, 0.29) is 17.1 Å². The van der Waals surface area contributed by atoms with Crippen molar-refractivity contribution in [2.75, 3.05) is 19.6 Å². The zero-order valence-corrected chi connectivity index (χ0v) is 18.6. The van der Waals surface area contributed by atoms with Crippen LogP contribution in [0.4, 0.5) is 0 Å². The molecule has 1 atom stereocenters. The molecule has 2 aliphatic heterocycles. The highest BCUT2D eigenvalue weighted by Gasteiger charge is 2.28. The molecule has 2 aromatic carbocycles. The van der Waals surface area contributed by atoms with Crippen molar-refractivity contribution in [1.29, 1.82) is 0 Å². The number of rotatable bonds is 6. The number of carbonyl (C=O) groups is 2. The summed E-state index contributed by atoms with van der Waals surface area (Å²) in [5.41, 5.74) is 1.99. The van der Waals surface area contributed by atoms with Crippen molar-refractivity contribution in [3.8, 4) is 0 Å². The predicted molar refractivity (Wildman–Crippen MR) is 122 cm³/mol. The number of piperidine rings is 1. The molecule has 2 aromatic rings. The molecule has 0 bridgehead atoms. The molecule has 1 unspecified atom stereocenters. The lowest BCUT2D eigenvalue weighted by Gasteiger charge is -2.32. The number of likely N-dealkylation sites (tertiary alicyclic amines) is 1. The minimum Gasteiger partial charge on any atom is -0.303 e. The van der Waals surface area contributed by atoms with Gasteiger partial charge in [-0.15, -0.1) is 11.8 Å². The number of benzene rings is 2. The van der Waals surface area contributed by atoms with Crippen LogP contribution in [0.1, 0.15) is 53.9 Å². The molecule has 30 heavy (non-hydrogen) atoms. The second kappa shape index (κ2) is 9.99. The van der Waals surface area contributed by atoms with Crippen LogP contribution in [0.3, 0.4) is 0 Å². The minimum absolute atomic E-state index is 0.162. The average Bonchev–Trinajstić information content (AvgIpc) is 2.88. The number of unbranched alkanes of at least 4 members (excludes halogenated alkanes) is 1. The normalized spacial score (nSPS) is 20.5. The van der Waals surface area contributed by atoms with Crippen molar-refractivity contribution in [3.05, 3.63) is 64.7 Å². The van der Waals surface area contributed by atoms with Crippen LogP contribution in [-0.4, -0.2) is 41.6 Å². The molecular weight excluding hydrogens is 416 g/mol. The topological polar surface area (TPSA) is 49.4 Å². The third-order valence-electron chi connectivity index (χ3n) is 6.05. The zero-order valence-electron chi connectivity index (χ0n) is 17.0. The molecule has 2 amide bonds. The molecular formula is C24H27ClN2O2S. The third kappa shape index (κ3) is 5.26. The number of halogens is 1. The highest BCUT2D eigenvalue weighted by atomic mass is 35.5. The van der Waals surface area contributed by atoms with Gasteiger partial charge < -0.3 is 4.90 Å². The molecule has 0 aromatic heterocycles. The highest BCUT2D eigenvalue weighted by Crippen LogP contribution is 2.32. The lowest BCUT2D eigenvalue weighted by molar-refractivity contribution is -0.119. The summed E-state index contributed by atoms with van der Waals surface area (Å²) >= 11 is 7.52. The summed E-state index contributed by atoms with van der Waals surface area (Å²) in [5.74, 6) is 0.182. The van der Waals surface area contributed by atoms with Gasteiger partial charge in [0.05, 0.1) is 10.8 Å². The molecule has 6 heteroatoms. The summed E-state index contributed by atoms with van der Waals surface area (Å²) < 4.78 is 0. The average molecular weight is 443 g/mol. The van der Waals surface area contributed by atoms with E-state index in [4.69, 9.17) is 11.6 Å². The molecule has 158 valence electrons. The molecule has 0 aliphatic carbocycles. The Balaban J connectivity index is 1.21. The number of thioether (sulfide) groups is 1. The number of hydrogen-bond acceptors (Lipinski definition) is 4. The van der Waals surface area contributed by atoms with Gasteiger partial charge in [0.25, 0.3) is 5.91 Å². The Labute approximate surface area is 187 Å². The van der Waals surface area contributed by atoms with Crippen molar-refractivity contribution >= 4 is 35.2 Å². The van der Waals surface area contributed by atoms with E-state index in [1.54, 1.807) is 6.07 Å². The van der Waals surface area contributed by atoms with E-state index in [9.17, 15) is 9.59 Å². The lowest BCUT2D eigenvalue weighted by atomic mass is 9.89. The summed E-state index contributed by atoms with van der Waals surface area (Å²) in [4.78, 5) is 28.0. The number of hydrogen-bond donors (Lipinski definition) is 1. The van der Waals surface area contributed by atoms with Crippen LogP contribution in [0.2, 0.25) is 5.02 Å². The van der Waals surface area contributed by atoms with Crippen molar-refractivity contribution in [2.45, 2.75) is 48.2 Å². The van der Waals surface area contributed by atoms with Crippen molar-refractivity contribution in [3.63, 3.8) is 0 Å². The standard InChI is InChI=1S/C24H27ClN2O2S/c25-19-10-8-17(9-11-19)18-12-15-27(16-13-18)14-4-3-7-22-24(29)26-23(28)20-5-1-2-6-21(20)30-22/h1-2,5-6,8-11,18,22H,3-4,7,12-16H2,(H,26,28,29). The summed E-state index contributed by atoms with van der Waals surface area (Å²) in [6.07, 6.45) is 5.21. The van der Waals surface area contributed by atoms with Gasteiger partial charge in [-0.25, -0.2) is 0 Å². The monoisotopic (exact) mass is 442 g/mol. The third-order valence-corrected chi connectivity index (χ3v) is 7.65. The van der Waals surface area contributed by atoms with E-state index in [0.29, 0.717) is 11.5 Å². The van der Waals surface area contributed by atoms with E-state index >= 15 is 0 Å². The zero-order chi connectivity index (χ0) is 20.9. The van der Waals surface area contributed by atoms with Gasteiger partial charge in [0.1, 0.15) is 0 Å². The Hall–Kier alpha value is -1.82. The largest absolute Gasteiger partial charge is 0.303 e. The smallest absolute Gasteiger partial charge is 0.259 e. The van der Waals surface area contributed by atoms with Crippen LogP contribution in [0, 0.1) is 0 Å². The van der Waals surface area contributed by atoms with Crippen LogP contribution in [0.5, 0.6) is 0 Å². The van der Waals surface area contributed by atoms with Gasteiger partial charge in [-0.05, 0) is 81.1 Å². The number of nitrogens with one attached hydrogen (secondary N) is 1. The molecule has 4 nitrogen and oxygen atoms in total.